The average Bonchev–Trinajstić information content (AvgIpc) is 2.77. The number of carbonyl (C=O) groups is 1. The Morgan fingerprint density at radius 2 is 1.92 bits per heavy atom. The van der Waals surface area contributed by atoms with Gasteiger partial charge in [-0.3, -0.25) is 9.29 Å². The quantitative estimate of drug-likeness (QED) is 0.493. The molecule has 2 atom stereocenters. The van der Waals surface area contributed by atoms with E-state index in [1.165, 1.54) is 10.4 Å². The Morgan fingerprint density at radius 3 is 2.45 bits per heavy atom. The van der Waals surface area contributed by atoms with Crippen LogP contribution in [0.3, 0.4) is 0 Å². The molecule has 0 fully saturated rings. The summed E-state index contributed by atoms with van der Waals surface area (Å²) in [4.78, 5) is 21.9. The number of hydrogen-bond acceptors (Lipinski definition) is 6. The van der Waals surface area contributed by atoms with E-state index >= 15 is 0 Å². The van der Waals surface area contributed by atoms with Gasteiger partial charge in [0.15, 0.2) is 6.10 Å². The molecule has 3 heterocycles. The summed E-state index contributed by atoms with van der Waals surface area (Å²) >= 11 is 0. The minimum Gasteiger partial charge on any atom is -0.479 e. The molecular formula is C28H36FN3O5S. The number of aliphatic carboxylic acids is 1. The fourth-order valence-electron chi connectivity index (χ4n) is 5.33. The number of carboxylic acids is 1. The minimum atomic E-state index is -3.88. The highest BCUT2D eigenvalue weighted by molar-refractivity contribution is 7.92. The van der Waals surface area contributed by atoms with E-state index in [9.17, 15) is 22.7 Å². The molecule has 4 rings (SSSR count). The molecule has 2 aliphatic rings. The number of halogens is 1. The highest BCUT2D eigenvalue weighted by Gasteiger charge is 2.41. The number of carboxylic acid groups (broad SMARTS) is 1. The molecular weight excluding hydrogens is 509 g/mol. The normalized spacial score (nSPS) is 19.9. The lowest BCUT2D eigenvalue weighted by Crippen LogP contribution is -2.38. The molecule has 38 heavy (non-hydrogen) atoms. The maximum Gasteiger partial charge on any atom is 0.337 e. The zero-order chi connectivity index (χ0) is 28.4. The summed E-state index contributed by atoms with van der Waals surface area (Å²) in [6.07, 6.45) is 5.17. The van der Waals surface area contributed by atoms with Crippen LogP contribution in [-0.4, -0.2) is 41.3 Å². The SMILES string of the molecule is Cc1c(C(OC(C)(C)C)C(=O)O)c(C2=CCC(C)(C)CC2)nc2c1N(S(C)(=O)=O)[C@@H](C)c1cc(F)cnc1-2. The van der Waals surface area contributed by atoms with Crippen LogP contribution in [0.4, 0.5) is 10.1 Å². The fraction of sp³-hybridized carbons (Fsp3) is 0.536. The van der Waals surface area contributed by atoms with Gasteiger partial charge < -0.3 is 9.84 Å². The topological polar surface area (TPSA) is 110 Å². The summed E-state index contributed by atoms with van der Waals surface area (Å²) in [7, 11) is -3.88. The Labute approximate surface area is 224 Å². The zero-order valence-corrected chi connectivity index (χ0v) is 24.0. The van der Waals surface area contributed by atoms with Crippen LogP contribution in [0.1, 0.15) is 95.3 Å². The second-order valence-electron chi connectivity index (χ2n) is 12.1. The first-order chi connectivity index (χ1) is 17.4. The first-order valence-corrected chi connectivity index (χ1v) is 14.6. The number of fused-ring (bicyclic) bond motifs is 3. The van der Waals surface area contributed by atoms with Gasteiger partial charge in [-0.1, -0.05) is 19.9 Å². The van der Waals surface area contributed by atoms with E-state index in [1.54, 1.807) is 34.6 Å². The van der Waals surface area contributed by atoms with Crippen molar-refractivity contribution in [1.82, 2.24) is 9.97 Å². The summed E-state index contributed by atoms with van der Waals surface area (Å²) in [6.45, 7) is 13.0. The number of rotatable bonds is 5. The van der Waals surface area contributed by atoms with E-state index in [1.807, 2.05) is 0 Å². The highest BCUT2D eigenvalue weighted by atomic mass is 32.2. The molecule has 0 radical (unpaired) electrons. The van der Waals surface area contributed by atoms with Crippen molar-refractivity contribution in [3.8, 4) is 11.4 Å². The summed E-state index contributed by atoms with van der Waals surface area (Å²) < 4.78 is 47.8. The smallest absolute Gasteiger partial charge is 0.337 e. The van der Waals surface area contributed by atoms with Crippen molar-refractivity contribution in [2.75, 3.05) is 10.6 Å². The number of hydrogen-bond donors (Lipinski definition) is 1. The molecule has 206 valence electrons. The number of sulfonamides is 1. The Balaban J connectivity index is 2.13. The van der Waals surface area contributed by atoms with Gasteiger partial charge in [-0.25, -0.2) is 22.6 Å². The lowest BCUT2D eigenvalue weighted by atomic mass is 9.76. The molecule has 1 unspecified atom stereocenters. The largest absolute Gasteiger partial charge is 0.479 e. The van der Waals surface area contributed by atoms with E-state index in [0.717, 1.165) is 30.9 Å². The van der Waals surface area contributed by atoms with Crippen LogP contribution in [0.15, 0.2) is 18.3 Å². The summed E-state index contributed by atoms with van der Waals surface area (Å²) in [5, 5.41) is 10.3. The molecule has 1 N–H and O–H groups in total. The van der Waals surface area contributed by atoms with Crippen LogP contribution in [0.25, 0.3) is 17.0 Å². The zero-order valence-electron chi connectivity index (χ0n) is 23.2. The molecule has 0 spiro atoms. The van der Waals surface area contributed by atoms with Gasteiger partial charge in [0.05, 0.1) is 41.2 Å². The standard InChI is InChI=1S/C28H36FN3O5S/c1-15-20(25(26(33)34)37-27(3,4)5)21(17-9-11-28(6,7)12-10-17)31-23-22-19(13-18(29)14-30-22)16(2)32(24(15)23)38(8,35)36/h9,13-14,16,25H,10-12H2,1-8H3,(H,33,34)/t16-,25?/m0/s1. The van der Waals surface area contributed by atoms with E-state index in [-0.39, 0.29) is 16.8 Å². The van der Waals surface area contributed by atoms with Crippen LogP contribution in [-0.2, 0) is 19.6 Å². The lowest BCUT2D eigenvalue weighted by Gasteiger charge is -2.39. The van der Waals surface area contributed by atoms with E-state index in [2.05, 4.69) is 24.9 Å². The second kappa shape index (κ2) is 9.41. The third-order valence-electron chi connectivity index (χ3n) is 7.18. The van der Waals surface area contributed by atoms with E-state index < -0.39 is 39.6 Å². The van der Waals surface area contributed by atoms with Crippen LogP contribution in [0.5, 0.6) is 0 Å². The summed E-state index contributed by atoms with van der Waals surface area (Å²) in [6, 6.07) is 0.501. The highest BCUT2D eigenvalue weighted by Crippen LogP contribution is 2.50. The minimum absolute atomic E-state index is 0.0925. The van der Waals surface area contributed by atoms with Gasteiger partial charge in [-0.15, -0.1) is 0 Å². The van der Waals surface area contributed by atoms with Gasteiger partial charge in [0.25, 0.3) is 0 Å². The predicted octanol–water partition coefficient (Wildman–Crippen LogP) is 5.97. The molecule has 8 nitrogen and oxygen atoms in total. The van der Waals surface area contributed by atoms with Crippen molar-refractivity contribution in [1.29, 1.82) is 0 Å². The number of anilines is 1. The molecule has 0 saturated carbocycles. The molecule has 0 saturated heterocycles. The van der Waals surface area contributed by atoms with Crippen molar-refractivity contribution in [2.24, 2.45) is 5.41 Å². The van der Waals surface area contributed by atoms with Crippen molar-refractivity contribution < 1.29 is 27.4 Å². The average molecular weight is 546 g/mol. The Morgan fingerprint density at radius 1 is 1.26 bits per heavy atom. The Hall–Kier alpha value is -2.85. The van der Waals surface area contributed by atoms with Crippen molar-refractivity contribution in [3.63, 3.8) is 0 Å². The molecule has 1 aliphatic heterocycles. The molecule has 2 aromatic heterocycles. The number of nitrogens with zero attached hydrogens (tertiary/aromatic N) is 3. The number of aromatic nitrogens is 2. The molecule has 0 aromatic carbocycles. The third kappa shape index (κ3) is 5.20. The molecule has 0 amide bonds. The fourth-order valence-corrected chi connectivity index (χ4v) is 6.57. The first kappa shape index (κ1) is 28.2. The van der Waals surface area contributed by atoms with Gasteiger partial charge >= 0.3 is 5.97 Å². The van der Waals surface area contributed by atoms with Gasteiger partial charge in [0.2, 0.25) is 10.0 Å². The van der Waals surface area contributed by atoms with Gasteiger partial charge in [-0.2, -0.15) is 0 Å². The number of pyridine rings is 2. The third-order valence-corrected chi connectivity index (χ3v) is 8.40. The molecule has 0 bridgehead atoms. The molecule has 10 heteroatoms. The maximum absolute atomic E-state index is 14.3. The van der Waals surface area contributed by atoms with Gasteiger partial charge in [0.1, 0.15) is 11.5 Å². The lowest BCUT2D eigenvalue weighted by molar-refractivity contribution is -0.160. The molecule has 2 aromatic rings. The monoisotopic (exact) mass is 545 g/mol. The van der Waals surface area contributed by atoms with Crippen molar-refractivity contribution >= 4 is 27.3 Å². The molecule has 1 aliphatic carbocycles. The van der Waals surface area contributed by atoms with Gasteiger partial charge in [0, 0.05) is 11.1 Å². The van der Waals surface area contributed by atoms with Crippen LogP contribution in [0, 0.1) is 18.2 Å². The van der Waals surface area contributed by atoms with Crippen LogP contribution >= 0.6 is 0 Å². The van der Waals surface area contributed by atoms with E-state index in [0.29, 0.717) is 34.5 Å². The summed E-state index contributed by atoms with van der Waals surface area (Å²) in [5.41, 5.74) is 2.67. The van der Waals surface area contributed by atoms with Gasteiger partial charge in [-0.05, 0) is 76.5 Å². The van der Waals surface area contributed by atoms with Crippen LogP contribution < -0.4 is 4.31 Å². The number of ether oxygens (including phenoxy) is 1. The van der Waals surface area contributed by atoms with E-state index in [4.69, 9.17) is 9.72 Å². The summed E-state index contributed by atoms with van der Waals surface area (Å²) in [5.74, 6) is -1.78. The van der Waals surface area contributed by atoms with Crippen molar-refractivity contribution in [3.05, 3.63) is 46.5 Å². The predicted molar refractivity (Wildman–Crippen MR) is 145 cm³/mol. The Kier molecular flexibility index (Phi) is 6.98. The first-order valence-electron chi connectivity index (χ1n) is 12.7. The number of allylic oxidation sites excluding steroid dienone is 2. The van der Waals surface area contributed by atoms with Crippen LogP contribution in [0.2, 0.25) is 0 Å². The van der Waals surface area contributed by atoms with Crippen molar-refractivity contribution in [2.45, 2.75) is 85.5 Å². The second-order valence-corrected chi connectivity index (χ2v) is 13.9. The Bertz CT molecular complexity index is 1440. The maximum atomic E-state index is 14.3.